The van der Waals surface area contributed by atoms with Crippen LogP contribution in [0.15, 0.2) is 30.3 Å². The van der Waals surface area contributed by atoms with E-state index in [1.807, 2.05) is 6.07 Å². The number of nitrogens with zero attached hydrogens (tertiary/aromatic N) is 2. The molecule has 2 heterocycles. The predicted molar refractivity (Wildman–Crippen MR) is 121 cm³/mol. The number of carboxylic acids is 1. The lowest BCUT2D eigenvalue weighted by atomic mass is 10.0. The highest BCUT2D eigenvalue weighted by Gasteiger charge is 2.43. The fourth-order valence-electron chi connectivity index (χ4n) is 4.62. The number of carboxylic acid groups (broad SMARTS) is 1. The number of carbonyl (C=O) groups is 5. The maximum Gasteiger partial charge on any atom is 0.326 e. The summed E-state index contributed by atoms with van der Waals surface area (Å²) < 4.78 is 0. The number of rotatable bonds is 9. The monoisotopic (exact) mass is 473 g/mol. The van der Waals surface area contributed by atoms with Crippen molar-refractivity contribution in [2.24, 2.45) is 11.5 Å². The van der Waals surface area contributed by atoms with Crippen LogP contribution in [0.4, 0.5) is 0 Å². The Labute approximate surface area is 197 Å². The Balaban J connectivity index is 1.67. The summed E-state index contributed by atoms with van der Waals surface area (Å²) in [4.78, 5) is 64.7. The van der Waals surface area contributed by atoms with Crippen LogP contribution in [-0.2, 0) is 30.4 Å². The Hall–Kier alpha value is -3.47. The second-order valence-corrected chi connectivity index (χ2v) is 8.75. The Morgan fingerprint density at radius 1 is 1.00 bits per heavy atom. The quantitative estimate of drug-likeness (QED) is 0.355. The van der Waals surface area contributed by atoms with Crippen molar-refractivity contribution in [1.82, 2.24) is 15.1 Å². The van der Waals surface area contributed by atoms with Crippen molar-refractivity contribution in [2.75, 3.05) is 13.1 Å². The van der Waals surface area contributed by atoms with E-state index in [1.165, 1.54) is 9.80 Å². The smallest absolute Gasteiger partial charge is 0.326 e. The van der Waals surface area contributed by atoms with Gasteiger partial charge in [-0.05, 0) is 31.2 Å². The first-order valence-electron chi connectivity index (χ1n) is 11.4. The summed E-state index contributed by atoms with van der Waals surface area (Å²) in [5.41, 5.74) is 11.7. The summed E-state index contributed by atoms with van der Waals surface area (Å²) in [6, 6.07) is 5.10. The minimum atomic E-state index is -1.16. The molecule has 11 nitrogen and oxygen atoms in total. The molecule has 11 heteroatoms. The molecule has 2 aliphatic heterocycles. The molecule has 1 aromatic carbocycles. The molecule has 2 saturated heterocycles. The van der Waals surface area contributed by atoms with Gasteiger partial charge in [-0.2, -0.15) is 0 Å². The number of nitrogens with one attached hydrogen (secondary N) is 1. The lowest BCUT2D eigenvalue weighted by Gasteiger charge is -2.32. The third-order valence-corrected chi connectivity index (χ3v) is 6.29. The highest BCUT2D eigenvalue weighted by molar-refractivity contribution is 5.95. The number of primary amides is 1. The molecule has 0 saturated carbocycles. The fraction of sp³-hybridized carbons (Fsp3) is 0.522. The standard InChI is InChI=1S/C23H31N5O6/c24-15(13-19(25)29)21(31)28-11-5-9-18(28)22(32)27-10-4-8-17(27)20(30)26-16(23(33)34)12-14-6-2-1-3-7-14/h1-3,6-7,15-18H,4-5,8-13,24H2,(H2,25,29)(H,26,30)(H,33,34). The molecule has 1 aromatic rings. The molecule has 2 fully saturated rings. The largest absolute Gasteiger partial charge is 0.480 e. The van der Waals surface area contributed by atoms with Crippen LogP contribution in [-0.4, -0.2) is 81.8 Å². The van der Waals surface area contributed by atoms with E-state index < -0.39 is 47.9 Å². The third kappa shape index (κ3) is 5.90. The van der Waals surface area contributed by atoms with Crippen molar-refractivity contribution < 1.29 is 29.1 Å². The van der Waals surface area contributed by atoms with Gasteiger partial charge in [0.25, 0.3) is 0 Å². The van der Waals surface area contributed by atoms with Crippen LogP contribution in [0.25, 0.3) is 0 Å². The molecular formula is C23H31N5O6. The number of nitrogens with two attached hydrogens (primary N) is 2. The lowest BCUT2D eigenvalue weighted by Crippen LogP contribution is -2.56. The van der Waals surface area contributed by atoms with E-state index in [9.17, 15) is 29.1 Å². The van der Waals surface area contributed by atoms with Gasteiger partial charge in [-0.3, -0.25) is 19.2 Å². The summed E-state index contributed by atoms with van der Waals surface area (Å²) in [7, 11) is 0. The summed E-state index contributed by atoms with van der Waals surface area (Å²) in [5, 5.41) is 12.2. The molecule has 0 bridgehead atoms. The van der Waals surface area contributed by atoms with Gasteiger partial charge in [0.1, 0.15) is 18.1 Å². The third-order valence-electron chi connectivity index (χ3n) is 6.29. The summed E-state index contributed by atoms with van der Waals surface area (Å²) in [6.45, 7) is 0.657. The van der Waals surface area contributed by atoms with Crippen molar-refractivity contribution in [3.05, 3.63) is 35.9 Å². The van der Waals surface area contributed by atoms with Gasteiger partial charge >= 0.3 is 5.97 Å². The van der Waals surface area contributed by atoms with E-state index in [0.29, 0.717) is 38.8 Å². The van der Waals surface area contributed by atoms with Gasteiger partial charge in [-0.25, -0.2) is 4.79 Å². The van der Waals surface area contributed by atoms with E-state index in [-0.39, 0.29) is 18.7 Å². The topological polar surface area (TPSA) is 176 Å². The van der Waals surface area contributed by atoms with Crippen molar-refractivity contribution in [1.29, 1.82) is 0 Å². The van der Waals surface area contributed by atoms with Crippen molar-refractivity contribution in [3.8, 4) is 0 Å². The number of benzene rings is 1. The van der Waals surface area contributed by atoms with Gasteiger partial charge in [-0.1, -0.05) is 30.3 Å². The van der Waals surface area contributed by atoms with Crippen LogP contribution in [0.2, 0.25) is 0 Å². The van der Waals surface area contributed by atoms with Crippen LogP contribution in [0.5, 0.6) is 0 Å². The van der Waals surface area contributed by atoms with E-state index in [0.717, 1.165) is 5.56 Å². The first-order valence-corrected chi connectivity index (χ1v) is 11.4. The van der Waals surface area contributed by atoms with Crippen LogP contribution in [0.1, 0.15) is 37.7 Å². The fourth-order valence-corrected chi connectivity index (χ4v) is 4.62. The van der Waals surface area contributed by atoms with Crippen LogP contribution >= 0.6 is 0 Å². The predicted octanol–water partition coefficient (Wildman–Crippen LogP) is -1.02. The average molecular weight is 474 g/mol. The minimum Gasteiger partial charge on any atom is -0.480 e. The van der Waals surface area contributed by atoms with Gasteiger partial charge in [0, 0.05) is 19.5 Å². The summed E-state index contributed by atoms with van der Waals surface area (Å²) >= 11 is 0. The zero-order valence-electron chi connectivity index (χ0n) is 18.9. The number of aliphatic carboxylic acids is 1. The molecule has 2 aliphatic rings. The molecule has 0 spiro atoms. The van der Waals surface area contributed by atoms with E-state index in [1.54, 1.807) is 24.3 Å². The first-order chi connectivity index (χ1) is 16.2. The van der Waals surface area contributed by atoms with Crippen LogP contribution in [0, 0.1) is 0 Å². The number of carbonyl (C=O) groups excluding carboxylic acids is 4. The molecule has 4 amide bonds. The molecular weight excluding hydrogens is 442 g/mol. The summed E-state index contributed by atoms with van der Waals surface area (Å²) in [5.74, 6) is -3.30. The highest BCUT2D eigenvalue weighted by atomic mass is 16.4. The molecule has 0 radical (unpaired) electrons. The molecule has 4 unspecified atom stereocenters. The zero-order valence-corrected chi connectivity index (χ0v) is 18.9. The molecule has 0 aromatic heterocycles. The first kappa shape index (κ1) is 25.2. The summed E-state index contributed by atoms with van der Waals surface area (Å²) in [6.07, 6.45) is 1.80. The Morgan fingerprint density at radius 2 is 1.62 bits per heavy atom. The maximum absolute atomic E-state index is 13.3. The SMILES string of the molecule is NC(=O)CC(N)C(=O)N1CCCC1C(=O)N1CCCC1C(=O)NC(Cc1ccccc1)C(=O)O. The van der Waals surface area contributed by atoms with Crippen molar-refractivity contribution in [2.45, 2.75) is 62.7 Å². The number of likely N-dealkylation sites (tertiary alicyclic amines) is 2. The van der Waals surface area contributed by atoms with Gasteiger partial charge < -0.3 is 31.7 Å². The molecule has 3 rings (SSSR count). The second kappa shape index (κ2) is 11.1. The Kier molecular flexibility index (Phi) is 8.21. The maximum atomic E-state index is 13.3. The number of hydrogen-bond acceptors (Lipinski definition) is 6. The van der Waals surface area contributed by atoms with E-state index >= 15 is 0 Å². The highest BCUT2D eigenvalue weighted by Crippen LogP contribution is 2.26. The van der Waals surface area contributed by atoms with E-state index in [4.69, 9.17) is 11.5 Å². The molecule has 0 aliphatic carbocycles. The van der Waals surface area contributed by atoms with Crippen molar-refractivity contribution in [3.63, 3.8) is 0 Å². The Morgan fingerprint density at radius 3 is 2.24 bits per heavy atom. The molecule has 34 heavy (non-hydrogen) atoms. The number of hydrogen-bond donors (Lipinski definition) is 4. The van der Waals surface area contributed by atoms with Crippen LogP contribution < -0.4 is 16.8 Å². The van der Waals surface area contributed by atoms with Gasteiger partial charge in [0.05, 0.1) is 12.5 Å². The molecule has 4 atom stereocenters. The average Bonchev–Trinajstić information content (AvgIpc) is 3.48. The second-order valence-electron chi connectivity index (χ2n) is 8.75. The van der Waals surface area contributed by atoms with Gasteiger partial charge in [-0.15, -0.1) is 0 Å². The minimum absolute atomic E-state index is 0.116. The van der Waals surface area contributed by atoms with E-state index in [2.05, 4.69) is 5.32 Å². The van der Waals surface area contributed by atoms with Crippen molar-refractivity contribution >= 4 is 29.6 Å². The normalized spacial score (nSPS) is 21.7. The van der Waals surface area contributed by atoms with Gasteiger partial charge in [0.15, 0.2) is 0 Å². The number of amides is 4. The lowest BCUT2D eigenvalue weighted by molar-refractivity contribution is -0.148. The molecule has 6 N–H and O–H groups in total. The Bertz CT molecular complexity index is 939. The van der Waals surface area contributed by atoms with Crippen LogP contribution in [0.3, 0.4) is 0 Å². The zero-order chi connectivity index (χ0) is 24.8. The molecule has 184 valence electrons. The van der Waals surface area contributed by atoms with Gasteiger partial charge in [0.2, 0.25) is 23.6 Å².